The largest absolute Gasteiger partial charge is 0.416 e. The van der Waals surface area contributed by atoms with Crippen LogP contribution in [0.4, 0.5) is 13.2 Å². The van der Waals surface area contributed by atoms with Gasteiger partial charge in [0.2, 0.25) is 0 Å². The number of hydrogen-bond donors (Lipinski definition) is 1. The van der Waals surface area contributed by atoms with Crippen molar-refractivity contribution in [3.63, 3.8) is 0 Å². The monoisotopic (exact) mass is 300 g/mol. The lowest BCUT2D eigenvalue weighted by Gasteiger charge is -2.38. The van der Waals surface area contributed by atoms with Crippen molar-refractivity contribution in [1.82, 2.24) is 4.90 Å². The van der Waals surface area contributed by atoms with Gasteiger partial charge in [0.1, 0.15) is 0 Å². The number of piperidine rings is 1. The molecule has 0 radical (unpaired) electrons. The molecule has 1 aromatic carbocycles. The van der Waals surface area contributed by atoms with Gasteiger partial charge >= 0.3 is 6.18 Å². The zero-order valence-electron chi connectivity index (χ0n) is 12.5. The molecule has 118 valence electrons. The van der Waals surface area contributed by atoms with Crippen molar-refractivity contribution in [2.45, 2.75) is 44.9 Å². The number of hydrogen-bond acceptors (Lipinski definition) is 2. The smallest absolute Gasteiger partial charge is 0.323 e. The van der Waals surface area contributed by atoms with E-state index in [1.165, 1.54) is 18.6 Å². The van der Waals surface area contributed by atoms with E-state index in [0.29, 0.717) is 24.1 Å². The molecule has 5 heteroatoms. The number of likely N-dealkylation sites (tertiary alicyclic amines) is 1. The van der Waals surface area contributed by atoms with Crippen molar-refractivity contribution in [3.8, 4) is 0 Å². The van der Waals surface area contributed by atoms with Gasteiger partial charge in [0.05, 0.1) is 5.56 Å². The van der Waals surface area contributed by atoms with Gasteiger partial charge in [0.15, 0.2) is 0 Å². The van der Waals surface area contributed by atoms with Crippen LogP contribution < -0.4 is 5.73 Å². The number of rotatable bonds is 3. The second-order valence-corrected chi connectivity index (χ2v) is 6.22. The van der Waals surface area contributed by atoms with Crippen LogP contribution in [0.3, 0.4) is 0 Å². The summed E-state index contributed by atoms with van der Waals surface area (Å²) in [5.74, 6) is 0.620. The minimum absolute atomic E-state index is 0.389. The maximum Gasteiger partial charge on any atom is 0.416 e. The molecule has 1 aliphatic rings. The first-order valence-corrected chi connectivity index (χ1v) is 7.44. The molecule has 0 saturated carbocycles. The number of nitrogens with two attached hydrogens (primary N) is 1. The molecule has 0 bridgehead atoms. The Balaban J connectivity index is 2.08. The van der Waals surface area contributed by atoms with E-state index in [1.807, 2.05) is 0 Å². The third kappa shape index (κ3) is 4.20. The summed E-state index contributed by atoms with van der Waals surface area (Å²) in [6.45, 7) is 5.93. The van der Waals surface area contributed by atoms with Gasteiger partial charge in [0.25, 0.3) is 0 Å². The zero-order chi connectivity index (χ0) is 15.6. The first-order chi connectivity index (χ1) is 9.77. The summed E-state index contributed by atoms with van der Waals surface area (Å²) in [6.07, 6.45) is -1.99. The van der Waals surface area contributed by atoms with Gasteiger partial charge in [-0.1, -0.05) is 19.1 Å². The number of halogens is 3. The third-order valence-electron chi connectivity index (χ3n) is 4.32. The molecule has 0 spiro atoms. The molecular formula is C16H23F3N2. The molecule has 1 aromatic rings. The summed E-state index contributed by atoms with van der Waals surface area (Å²) in [5.41, 5.74) is 6.06. The second kappa shape index (κ2) is 6.36. The molecule has 0 aromatic heterocycles. The average molecular weight is 300 g/mol. The number of benzene rings is 1. The topological polar surface area (TPSA) is 29.3 Å². The van der Waals surface area contributed by atoms with Crippen molar-refractivity contribution in [2.24, 2.45) is 11.7 Å². The Morgan fingerprint density at radius 3 is 2.67 bits per heavy atom. The van der Waals surface area contributed by atoms with Crippen molar-refractivity contribution in [2.75, 3.05) is 13.1 Å². The van der Waals surface area contributed by atoms with Gasteiger partial charge in [-0.05, 0) is 43.4 Å². The van der Waals surface area contributed by atoms with E-state index in [4.69, 9.17) is 5.73 Å². The Kier molecular flexibility index (Phi) is 4.94. The minimum atomic E-state index is -4.32. The lowest BCUT2D eigenvalue weighted by Crippen LogP contribution is -2.44. The van der Waals surface area contributed by atoms with Crippen LogP contribution in [0.2, 0.25) is 0 Å². The highest BCUT2D eigenvalue weighted by molar-refractivity contribution is 5.28. The Bertz CT molecular complexity index is 473. The van der Waals surface area contributed by atoms with E-state index in [0.717, 1.165) is 19.0 Å². The molecule has 2 nitrogen and oxygen atoms in total. The van der Waals surface area contributed by atoms with Crippen molar-refractivity contribution >= 4 is 0 Å². The van der Waals surface area contributed by atoms with E-state index in [9.17, 15) is 13.2 Å². The predicted molar refractivity (Wildman–Crippen MR) is 77.8 cm³/mol. The quantitative estimate of drug-likeness (QED) is 0.919. The molecule has 3 atom stereocenters. The van der Waals surface area contributed by atoms with Crippen molar-refractivity contribution in [3.05, 3.63) is 35.4 Å². The first-order valence-electron chi connectivity index (χ1n) is 7.44. The molecule has 3 unspecified atom stereocenters. The van der Waals surface area contributed by atoms with Crippen LogP contribution in [0.25, 0.3) is 0 Å². The first kappa shape index (κ1) is 16.3. The highest BCUT2D eigenvalue weighted by Crippen LogP contribution is 2.31. The highest BCUT2D eigenvalue weighted by atomic mass is 19.4. The maximum absolute atomic E-state index is 12.8. The maximum atomic E-state index is 12.8. The molecule has 1 heterocycles. The molecule has 2 rings (SSSR count). The van der Waals surface area contributed by atoms with Gasteiger partial charge in [-0.15, -0.1) is 0 Å². The molecule has 1 fully saturated rings. The summed E-state index contributed by atoms with van der Waals surface area (Å²) in [6, 6.07) is 5.42. The standard InChI is InChI=1S/C16H23F3N2/c1-11-6-7-12(2)21(9-11)10-15(20)13-4-3-5-14(8-13)16(17,18)19/h3-5,8,11-12,15H,6-7,9-10,20H2,1-2H3. The molecule has 2 N–H and O–H groups in total. The average Bonchev–Trinajstić information content (AvgIpc) is 2.42. The van der Waals surface area contributed by atoms with E-state index in [2.05, 4.69) is 18.7 Å². The van der Waals surface area contributed by atoms with Crippen LogP contribution in [-0.2, 0) is 6.18 Å². The molecule has 1 aliphatic heterocycles. The van der Waals surface area contributed by atoms with Crippen LogP contribution in [0.15, 0.2) is 24.3 Å². The van der Waals surface area contributed by atoms with Gasteiger partial charge in [-0.25, -0.2) is 0 Å². The Labute approximate surface area is 124 Å². The number of alkyl halides is 3. The van der Waals surface area contributed by atoms with Crippen LogP contribution in [0, 0.1) is 5.92 Å². The van der Waals surface area contributed by atoms with Crippen LogP contribution in [0.1, 0.15) is 43.9 Å². The van der Waals surface area contributed by atoms with Crippen molar-refractivity contribution in [1.29, 1.82) is 0 Å². The summed E-state index contributed by atoms with van der Waals surface area (Å²) in [4.78, 5) is 2.29. The molecule has 1 saturated heterocycles. The zero-order valence-corrected chi connectivity index (χ0v) is 12.5. The van der Waals surface area contributed by atoms with Crippen molar-refractivity contribution < 1.29 is 13.2 Å². The Morgan fingerprint density at radius 1 is 1.29 bits per heavy atom. The van der Waals surface area contributed by atoms with Crippen LogP contribution >= 0.6 is 0 Å². The van der Waals surface area contributed by atoms with Crippen LogP contribution in [0.5, 0.6) is 0 Å². The van der Waals surface area contributed by atoms with Gasteiger partial charge in [0, 0.05) is 25.2 Å². The van der Waals surface area contributed by atoms with E-state index < -0.39 is 11.7 Å². The number of nitrogens with zero attached hydrogens (tertiary/aromatic N) is 1. The molecule has 21 heavy (non-hydrogen) atoms. The summed E-state index contributed by atoms with van der Waals surface area (Å²) < 4.78 is 38.3. The minimum Gasteiger partial charge on any atom is -0.323 e. The third-order valence-corrected chi connectivity index (χ3v) is 4.32. The fourth-order valence-corrected chi connectivity index (χ4v) is 2.94. The Morgan fingerprint density at radius 2 is 2.00 bits per heavy atom. The second-order valence-electron chi connectivity index (χ2n) is 6.22. The fraction of sp³-hybridized carbons (Fsp3) is 0.625. The normalized spacial score (nSPS) is 25.8. The van der Waals surface area contributed by atoms with E-state index in [-0.39, 0.29) is 6.04 Å². The predicted octanol–water partition coefficient (Wildman–Crippen LogP) is 3.83. The fourth-order valence-electron chi connectivity index (χ4n) is 2.94. The van der Waals surface area contributed by atoms with E-state index >= 15 is 0 Å². The van der Waals surface area contributed by atoms with Crippen LogP contribution in [-0.4, -0.2) is 24.0 Å². The summed E-state index contributed by atoms with van der Waals surface area (Å²) in [7, 11) is 0. The lowest BCUT2D eigenvalue weighted by atomic mass is 9.94. The lowest BCUT2D eigenvalue weighted by molar-refractivity contribution is -0.137. The summed E-state index contributed by atoms with van der Waals surface area (Å²) >= 11 is 0. The van der Waals surface area contributed by atoms with E-state index in [1.54, 1.807) is 6.07 Å². The van der Waals surface area contributed by atoms with Gasteiger partial charge < -0.3 is 5.73 Å². The molecule has 0 amide bonds. The molecular weight excluding hydrogens is 277 g/mol. The SMILES string of the molecule is CC1CCC(C)N(CC(N)c2cccc(C(F)(F)F)c2)C1. The van der Waals surface area contributed by atoms with Gasteiger partial charge in [-0.2, -0.15) is 13.2 Å². The van der Waals surface area contributed by atoms with Gasteiger partial charge in [-0.3, -0.25) is 4.90 Å². The highest BCUT2D eigenvalue weighted by Gasteiger charge is 2.31. The molecule has 0 aliphatic carbocycles. The Hall–Kier alpha value is -1.07. The summed E-state index contributed by atoms with van der Waals surface area (Å²) in [5, 5.41) is 0.